The zero-order valence-electron chi connectivity index (χ0n) is 7.24. The van der Waals surface area contributed by atoms with Crippen LogP contribution in [0.15, 0.2) is 22.7 Å². The van der Waals surface area contributed by atoms with Crippen LogP contribution in [0.4, 0.5) is 8.78 Å². The van der Waals surface area contributed by atoms with E-state index in [1.165, 1.54) is 0 Å². The lowest BCUT2D eigenvalue weighted by atomic mass is 10.2. The molecule has 14 heavy (non-hydrogen) atoms. The molecule has 0 aromatic heterocycles. The maximum absolute atomic E-state index is 11.8. The molecule has 1 nitrogen and oxygen atoms in total. The summed E-state index contributed by atoms with van der Waals surface area (Å²) in [5, 5.41) is 3.21. The predicted molar refractivity (Wildman–Crippen MR) is 56.9 cm³/mol. The number of alkyl halides is 2. The van der Waals surface area contributed by atoms with E-state index in [0.29, 0.717) is 11.6 Å². The second kappa shape index (κ2) is 5.63. The van der Waals surface area contributed by atoms with Gasteiger partial charge in [-0.1, -0.05) is 17.7 Å². The highest BCUT2D eigenvalue weighted by Gasteiger charge is 2.02. The third-order valence-electron chi connectivity index (χ3n) is 1.61. The molecule has 1 aromatic carbocycles. The summed E-state index contributed by atoms with van der Waals surface area (Å²) < 4.78 is 24.4. The molecule has 0 aliphatic rings. The Bertz CT molecular complexity index is 307. The van der Waals surface area contributed by atoms with Gasteiger partial charge in [0, 0.05) is 11.0 Å². The van der Waals surface area contributed by atoms with Gasteiger partial charge in [-0.3, -0.25) is 0 Å². The van der Waals surface area contributed by atoms with Gasteiger partial charge in [0.15, 0.2) is 0 Å². The largest absolute Gasteiger partial charge is 0.307 e. The van der Waals surface area contributed by atoms with E-state index in [1.807, 2.05) is 6.07 Å². The van der Waals surface area contributed by atoms with E-state index in [2.05, 4.69) is 21.2 Å². The van der Waals surface area contributed by atoms with Crippen molar-refractivity contribution >= 4 is 27.5 Å². The molecule has 0 atom stereocenters. The monoisotopic (exact) mass is 283 g/mol. The number of halogens is 4. The van der Waals surface area contributed by atoms with Crippen LogP contribution in [0.1, 0.15) is 5.56 Å². The molecule has 1 aromatic rings. The molecule has 1 rings (SSSR count). The zero-order valence-corrected chi connectivity index (χ0v) is 9.58. The Balaban J connectivity index is 2.47. The molecule has 0 aliphatic heterocycles. The highest BCUT2D eigenvalue weighted by Crippen LogP contribution is 2.22. The minimum atomic E-state index is -2.32. The molecular formula is C9H9BrClF2N. The summed E-state index contributed by atoms with van der Waals surface area (Å²) in [4.78, 5) is 0. The molecule has 0 amide bonds. The highest BCUT2D eigenvalue weighted by atomic mass is 79.9. The van der Waals surface area contributed by atoms with Crippen LogP contribution in [-0.2, 0) is 6.54 Å². The number of hydrogen-bond acceptors (Lipinski definition) is 1. The van der Waals surface area contributed by atoms with Crippen LogP contribution in [0.2, 0.25) is 5.02 Å². The molecule has 0 fully saturated rings. The number of benzene rings is 1. The SMILES string of the molecule is FC(F)CNCc1ccc(Br)c(Cl)c1. The van der Waals surface area contributed by atoms with Crippen molar-refractivity contribution in [3.63, 3.8) is 0 Å². The first kappa shape index (κ1) is 11.9. The Morgan fingerprint density at radius 1 is 1.43 bits per heavy atom. The summed E-state index contributed by atoms with van der Waals surface area (Å²) in [7, 11) is 0. The summed E-state index contributed by atoms with van der Waals surface area (Å²) in [6, 6.07) is 5.36. The third kappa shape index (κ3) is 3.90. The van der Waals surface area contributed by atoms with Crippen molar-refractivity contribution in [3.8, 4) is 0 Å². The lowest BCUT2D eigenvalue weighted by Gasteiger charge is -2.05. The lowest BCUT2D eigenvalue weighted by Crippen LogP contribution is -2.20. The Kier molecular flexibility index (Phi) is 4.78. The van der Waals surface area contributed by atoms with E-state index < -0.39 is 6.43 Å². The van der Waals surface area contributed by atoms with E-state index in [0.717, 1.165) is 10.0 Å². The molecule has 0 spiro atoms. The zero-order chi connectivity index (χ0) is 10.6. The molecule has 0 radical (unpaired) electrons. The van der Waals surface area contributed by atoms with Crippen LogP contribution in [0.5, 0.6) is 0 Å². The molecular weight excluding hydrogens is 275 g/mol. The van der Waals surface area contributed by atoms with Crippen molar-refractivity contribution in [2.24, 2.45) is 0 Å². The van der Waals surface area contributed by atoms with E-state index in [1.54, 1.807) is 12.1 Å². The third-order valence-corrected chi connectivity index (χ3v) is 2.84. The van der Waals surface area contributed by atoms with Gasteiger partial charge in [-0.15, -0.1) is 0 Å². The molecule has 5 heteroatoms. The minimum absolute atomic E-state index is 0.298. The van der Waals surface area contributed by atoms with Crippen LogP contribution in [0.25, 0.3) is 0 Å². The quantitative estimate of drug-likeness (QED) is 0.893. The Labute approximate surface area is 94.6 Å². The van der Waals surface area contributed by atoms with Gasteiger partial charge < -0.3 is 5.32 Å². The minimum Gasteiger partial charge on any atom is -0.307 e. The first-order valence-electron chi connectivity index (χ1n) is 4.02. The van der Waals surface area contributed by atoms with Gasteiger partial charge in [-0.25, -0.2) is 8.78 Å². The maximum Gasteiger partial charge on any atom is 0.250 e. The van der Waals surface area contributed by atoms with E-state index in [4.69, 9.17) is 11.6 Å². The van der Waals surface area contributed by atoms with E-state index in [9.17, 15) is 8.78 Å². The molecule has 0 aliphatic carbocycles. The Morgan fingerprint density at radius 2 is 2.14 bits per heavy atom. The fourth-order valence-corrected chi connectivity index (χ4v) is 1.42. The fourth-order valence-electron chi connectivity index (χ4n) is 0.975. The van der Waals surface area contributed by atoms with Crippen LogP contribution in [-0.4, -0.2) is 13.0 Å². The molecule has 0 unspecified atom stereocenters. The summed E-state index contributed by atoms with van der Waals surface area (Å²) in [6.07, 6.45) is -2.32. The van der Waals surface area contributed by atoms with E-state index in [-0.39, 0.29) is 6.54 Å². The summed E-state index contributed by atoms with van der Waals surface area (Å²) >= 11 is 9.08. The molecule has 0 saturated heterocycles. The van der Waals surface area contributed by atoms with Gasteiger partial charge in [0.05, 0.1) is 11.6 Å². The van der Waals surface area contributed by atoms with Crippen LogP contribution in [0.3, 0.4) is 0 Å². The van der Waals surface area contributed by atoms with Gasteiger partial charge in [-0.05, 0) is 33.6 Å². The van der Waals surface area contributed by atoms with E-state index >= 15 is 0 Å². The highest BCUT2D eigenvalue weighted by molar-refractivity contribution is 9.10. The first-order chi connectivity index (χ1) is 6.59. The van der Waals surface area contributed by atoms with Gasteiger partial charge >= 0.3 is 0 Å². The Hall–Kier alpha value is -0.190. The van der Waals surface area contributed by atoms with Crippen molar-refractivity contribution in [1.29, 1.82) is 0 Å². The average molecular weight is 285 g/mol. The van der Waals surface area contributed by atoms with Crippen molar-refractivity contribution in [2.45, 2.75) is 13.0 Å². The van der Waals surface area contributed by atoms with Crippen molar-refractivity contribution < 1.29 is 8.78 Å². The van der Waals surface area contributed by atoms with Crippen molar-refractivity contribution in [2.75, 3.05) is 6.54 Å². The molecule has 0 bridgehead atoms. The van der Waals surface area contributed by atoms with Gasteiger partial charge in [-0.2, -0.15) is 0 Å². The number of rotatable bonds is 4. The van der Waals surface area contributed by atoms with Crippen LogP contribution >= 0.6 is 27.5 Å². The standard InChI is InChI=1S/C9H9BrClF2N/c10-7-2-1-6(3-8(7)11)4-14-5-9(12)13/h1-3,9,14H,4-5H2. The fraction of sp³-hybridized carbons (Fsp3) is 0.333. The molecule has 1 N–H and O–H groups in total. The second-order valence-corrected chi connectivity index (χ2v) is 4.03. The topological polar surface area (TPSA) is 12.0 Å². The van der Waals surface area contributed by atoms with Gasteiger partial charge in [0.1, 0.15) is 0 Å². The smallest absolute Gasteiger partial charge is 0.250 e. The van der Waals surface area contributed by atoms with Crippen LogP contribution in [0, 0.1) is 0 Å². The molecule has 0 saturated carbocycles. The van der Waals surface area contributed by atoms with Gasteiger partial charge in [0.2, 0.25) is 0 Å². The Morgan fingerprint density at radius 3 is 2.71 bits per heavy atom. The average Bonchev–Trinajstić information content (AvgIpc) is 2.10. The number of nitrogens with one attached hydrogen (secondary N) is 1. The summed E-state index contributed by atoms with van der Waals surface area (Å²) in [6.45, 7) is 0.102. The second-order valence-electron chi connectivity index (χ2n) is 2.77. The summed E-state index contributed by atoms with van der Waals surface area (Å²) in [5.41, 5.74) is 0.888. The molecule has 0 heterocycles. The van der Waals surface area contributed by atoms with Crippen molar-refractivity contribution in [3.05, 3.63) is 33.3 Å². The number of hydrogen-bond donors (Lipinski definition) is 1. The maximum atomic E-state index is 11.8. The lowest BCUT2D eigenvalue weighted by molar-refractivity contribution is 0.145. The predicted octanol–water partition coefficient (Wildman–Crippen LogP) is 3.46. The van der Waals surface area contributed by atoms with Crippen molar-refractivity contribution in [1.82, 2.24) is 5.32 Å². The van der Waals surface area contributed by atoms with Crippen LogP contribution < -0.4 is 5.32 Å². The first-order valence-corrected chi connectivity index (χ1v) is 5.19. The normalized spacial score (nSPS) is 10.9. The molecule has 78 valence electrons. The van der Waals surface area contributed by atoms with Gasteiger partial charge in [0.25, 0.3) is 6.43 Å². The summed E-state index contributed by atoms with van der Waals surface area (Å²) in [5.74, 6) is 0.